The van der Waals surface area contributed by atoms with E-state index in [9.17, 15) is 31.2 Å². The van der Waals surface area contributed by atoms with Crippen molar-refractivity contribution in [2.24, 2.45) is 10.8 Å². The molecular weight excluding hydrogens is 687 g/mol. The molecule has 4 aliphatic rings. The summed E-state index contributed by atoms with van der Waals surface area (Å²) in [6.07, 6.45) is -3.19. The monoisotopic (exact) mass is 727 g/mol. The molecule has 2 aromatic carbocycles. The van der Waals surface area contributed by atoms with Crippen LogP contribution in [0.5, 0.6) is 5.88 Å². The minimum atomic E-state index is -4.49. The van der Waals surface area contributed by atoms with Gasteiger partial charge in [0.1, 0.15) is 6.61 Å². The number of halogens is 3. The quantitative estimate of drug-likeness (QED) is 0.305. The summed E-state index contributed by atoms with van der Waals surface area (Å²) >= 11 is 0. The number of hydrogen-bond donors (Lipinski definition) is 2. The maximum atomic E-state index is 14.6. The molecule has 0 radical (unpaired) electrons. The Bertz CT molecular complexity index is 1980. The van der Waals surface area contributed by atoms with Crippen LogP contribution in [0.25, 0.3) is 11.3 Å². The van der Waals surface area contributed by atoms with E-state index in [1.807, 2.05) is 32.0 Å². The average Bonchev–Trinajstić information content (AvgIpc) is 3.83. The van der Waals surface area contributed by atoms with Gasteiger partial charge in [-0.15, -0.1) is 0 Å². The maximum Gasteiger partial charge on any atom is 0.407 e. The SMILES string of the molecule is COC(=O)N[C@H]1CC2(C1)C[C@H](N1C(=O)c3cccc(c3)S(=O)(=O)Nc3nc(c(C)c(-c4c(C)cccc4C)n3)OC[C@H]1CC1(C(F)(F)F)CC1)C2. The van der Waals surface area contributed by atoms with Crippen LogP contribution in [0, 0.1) is 31.6 Å². The van der Waals surface area contributed by atoms with Crippen LogP contribution in [0.4, 0.5) is 23.9 Å². The Hall–Kier alpha value is -4.40. The lowest BCUT2D eigenvalue weighted by Gasteiger charge is -2.60. The molecule has 4 bridgehead atoms. The normalized spacial score (nSPS) is 26.2. The fourth-order valence-corrected chi connectivity index (χ4v) is 9.26. The van der Waals surface area contributed by atoms with Gasteiger partial charge in [-0.05, 0) is 100 Å². The molecule has 1 aromatic heterocycles. The number of aryl methyl sites for hydroxylation is 2. The van der Waals surface area contributed by atoms with E-state index in [1.54, 1.807) is 6.92 Å². The van der Waals surface area contributed by atoms with E-state index >= 15 is 0 Å². The van der Waals surface area contributed by atoms with Crippen molar-refractivity contribution < 1.29 is 40.7 Å². The molecule has 3 aromatic rings. The van der Waals surface area contributed by atoms with E-state index in [4.69, 9.17) is 9.47 Å². The Balaban J connectivity index is 1.32. The fourth-order valence-electron chi connectivity index (χ4n) is 8.27. The predicted octanol–water partition coefficient (Wildman–Crippen LogP) is 6.47. The first-order valence-corrected chi connectivity index (χ1v) is 18.5. The number of aromatic nitrogens is 2. The van der Waals surface area contributed by atoms with Gasteiger partial charge in [0.25, 0.3) is 15.9 Å². The molecule has 3 aliphatic carbocycles. The second-order valence-corrected chi connectivity index (χ2v) is 16.4. The van der Waals surface area contributed by atoms with Crippen molar-refractivity contribution in [1.29, 1.82) is 0 Å². The maximum absolute atomic E-state index is 14.6. The molecule has 2 N–H and O–H groups in total. The van der Waals surface area contributed by atoms with Crippen molar-refractivity contribution in [2.45, 2.75) is 94.9 Å². The highest BCUT2D eigenvalue weighted by molar-refractivity contribution is 7.92. The zero-order valence-corrected chi connectivity index (χ0v) is 29.6. The molecule has 2 heterocycles. The topological polar surface area (TPSA) is 140 Å². The van der Waals surface area contributed by atoms with Crippen LogP contribution in [0.15, 0.2) is 47.4 Å². The van der Waals surface area contributed by atoms with E-state index in [-0.39, 0.29) is 59.6 Å². The van der Waals surface area contributed by atoms with Gasteiger partial charge < -0.3 is 19.7 Å². The van der Waals surface area contributed by atoms with Gasteiger partial charge in [0.2, 0.25) is 11.8 Å². The first-order chi connectivity index (χ1) is 24.0. The number of anilines is 1. The van der Waals surface area contributed by atoms with Crippen molar-refractivity contribution in [1.82, 2.24) is 20.2 Å². The number of rotatable bonds is 5. The Morgan fingerprint density at radius 3 is 2.35 bits per heavy atom. The number of carbonyl (C=O) groups is 2. The third kappa shape index (κ3) is 6.38. The van der Waals surface area contributed by atoms with Crippen LogP contribution in [0.3, 0.4) is 0 Å². The smallest absolute Gasteiger partial charge is 0.407 e. The Morgan fingerprint density at radius 1 is 1.06 bits per heavy atom. The summed E-state index contributed by atoms with van der Waals surface area (Å²) in [6, 6.07) is 9.60. The van der Waals surface area contributed by atoms with Crippen molar-refractivity contribution in [3.05, 3.63) is 64.7 Å². The highest BCUT2D eigenvalue weighted by Crippen LogP contribution is 2.62. The fraction of sp³-hybridized carbons (Fsp3) is 0.500. The molecule has 1 atom stereocenters. The lowest BCUT2D eigenvalue weighted by atomic mass is 9.51. The first-order valence-electron chi connectivity index (χ1n) is 17.0. The highest BCUT2D eigenvalue weighted by Gasteiger charge is 2.65. The van der Waals surface area contributed by atoms with Crippen LogP contribution in [0.1, 0.15) is 72.0 Å². The van der Waals surface area contributed by atoms with Crippen LogP contribution < -0.4 is 14.8 Å². The largest absolute Gasteiger partial charge is 0.475 e. The summed E-state index contributed by atoms with van der Waals surface area (Å²) < 4.78 is 84.6. The molecule has 0 saturated heterocycles. The number of ether oxygens (including phenoxy) is 2. The standard InChI is InChI=1S/C36H40F3N5O6S/c1-20-7-5-8-21(2)28(20)29-22(3)30-42-32(41-29)43-51(47,48)27-10-6-9-23(13-27)31(45)44(26(19-50-30)18-35(11-12-35)36(37,38)39)25-16-34(17-25)14-24(15-34)40-33(46)49-4/h5-10,13,24-26H,11-12,14-19H2,1-4H3,(H,40,46)(H,41,42,43)/t24-,25-,26-,34?/m1/s1. The van der Waals surface area contributed by atoms with Crippen molar-refractivity contribution in [2.75, 3.05) is 18.4 Å². The zero-order chi connectivity index (χ0) is 36.5. The second kappa shape index (κ2) is 12.4. The molecule has 7 rings (SSSR count). The van der Waals surface area contributed by atoms with E-state index < -0.39 is 45.7 Å². The van der Waals surface area contributed by atoms with Gasteiger partial charge in [-0.1, -0.05) is 24.3 Å². The number of alkyl halides is 3. The Labute approximate surface area is 294 Å². The van der Waals surface area contributed by atoms with E-state index in [0.29, 0.717) is 36.9 Å². The van der Waals surface area contributed by atoms with Gasteiger partial charge in [0.05, 0.1) is 29.2 Å². The predicted molar refractivity (Wildman–Crippen MR) is 181 cm³/mol. The average molecular weight is 728 g/mol. The number of methoxy groups -OCH3 is 1. The number of hydrogen-bond acceptors (Lipinski definition) is 8. The number of nitrogens with one attached hydrogen (secondary N) is 2. The summed E-state index contributed by atoms with van der Waals surface area (Å²) in [4.78, 5) is 36.6. The number of benzene rings is 2. The summed E-state index contributed by atoms with van der Waals surface area (Å²) in [5.74, 6) is -0.846. The van der Waals surface area contributed by atoms with Crippen molar-refractivity contribution in [3.8, 4) is 17.1 Å². The van der Waals surface area contributed by atoms with Crippen LogP contribution in [-0.4, -0.2) is 73.3 Å². The molecule has 15 heteroatoms. The molecule has 11 nitrogen and oxygen atoms in total. The molecule has 2 amide bonds. The zero-order valence-electron chi connectivity index (χ0n) is 28.8. The Kier molecular flexibility index (Phi) is 8.50. The molecule has 3 saturated carbocycles. The summed E-state index contributed by atoms with van der Waals surface area (Å²) in [7, 11) is -3.04. The number of fused-ring (bicyclic) bond motifs is 4. The molecule has 51 heavy (non-hydrogen) atoms. The van der Waals surface area contributed by atoms with Gasteiger partial charge in [-0.25, -0.2) is 22.9 Å². The third-order valence-corrected chi connectivity index (χ3v) is 12.5. The van der Waals surface area contributed by atoms with E-state index in [0.717, 1.165) is 16.7 Å². The number of sulfonamides is 1. The molecule has 0 unspecified atom stereocenters. The van der Waals surface area contributed by atoms with Crippen molar-refractivity contribution in [3.63, 3.8) is 0 Å². The number of alkyl carbamates (subject to hydrolysis) is 1. The molecular formula is C36H40F3N5O6S. The number of nitrogens with zero attached hydrogens (tertiary/aromatic N) is 3. The van der Waals surface area contributed by atoms with Gasteiger partial charge in [-0.2, -0.15) is 18.2 Å². The summed E-state index contributed by atoms with van der Waals surface area (Å²) in [5, 5.41) is 2.79. The van der Waals surface area contributed by atoms with E-state index in [2.05, 4.69) is 20.0 Å². The summed E-state index contributed by atoms with van der Waals surface area (Å²) in [6.45, 7) is 5.21. The molecule has 1 spiro atoms. The van der Waals surface area contributed by atoms with Crippen LogP contribution in [-0.2, 0) is 14.8 Å². The lowest BCUT2D eigenvalue weighted by molar-refractivity contribution is -0.194. The van der Waals surface area contributed by atoms with Gasteiger partial charge in [0, 0.05) is 28.8 Å². The van der Waals surface area contributed by atoms with Gasteiger partial charge in [-0.3, -0.25) is 4.79 Å². The first kappa shape index (κ1) is 35.0. The van der Waals surface area contributed by atoms with Crippen molar-refractivity contribution >= 4 is 28.0 Å². The number of carbonyl (C=O) groups excluding carboxylic acids is 2. The summed E-state index contributed by atoms with van der Waals surface area (Å²) in [5.41, 5.74) is 1.25. The van der Waals surface area contributed by atoms with Gasteiger partial charge in [0.15, 0.2) is 0 Å². The lowest BCUT2D eigenvalue weighted by Crippen LogP contribution is -2.64. The molecule has 3 fully saturated rings. The van der Waals surface area contributed by atoms with Gasteiger partial charge >= 0.3 is 12.3 Å². The second-order valence-electron chi connectivity index (χ2n) is 14.7. The van der Waals surface area contributed by atoms with Crippen LogP contribution in [0.2, 0.25) is 0 Å². The minimum absolute atomic E-state index is 0.00126. The van der Waals surface area contributed by atoms with Crippen LogP contribution >= 0.6 is 0 Å². The Morgan fingerprint density at radius 2 is 1.73 bits per heavy atom. The van der Waals surface area contributed by atoms with E-state index in [1.165, 1.54) is 36.3 Å². The highest BCUT2D eigenvalue weighted by atomic mass is 32.2. The molecule has 1 aliphatic heterocycles. The number of amides is 2. The molecule has 272 valence electrons. The minimum Gasteiger partial charge on any atom is -0.475 e. The third-order valence-electron chi connectivity index (χ3n) is 11.2.